The van der Waals surface area contributed by atoms with Crippen LogP contribution >= 0.6 is 11.8 Å². The number of carbonyl (C=O) groups excluding carboxylic acids is 1. The Kier molecular flexibility index (Phi) is 4.26. The molecule has 0 atom stereocenters. The van der Waals surface area contributed by atoms with Gasteiger partial charge in [0, 0.05) is 7.05 Å². The van der Waals surface area contributed by atoms with E-state index < -0.39 is 11.5 Å². The number of aliphatic carboxylic acids is 1. The Morgan fingerprint density at radius 3 is 2.23 bits per heavy atom. The van der Waals surface area contributed by atoms with Gasteiger partial charge in [-0.05, 0) is 20.1 Å². The molecule has 0 fully saturated rings. The first kappa shape index (κ1) is 12.3. The summed E-state index contributed by atoms with van der Waals surface area (Å²) in [5.41, 5.74) is -1.13. The van der Waals surface area contributed by atoms with Gasteiger partial charge in [0.25, 0.3) is 0 Å². The van der Waals surface area contributed by atoms with Gasteiger partial charge in [0.05, 0.1) is 5.75 Å². The second kappa shape index (κ2) is 4.50. The summed E-state index contributed by atoms with van der Waals surface area (Å²) in [4.78, 5) is 23.4. The third-order valence-electron chi connectivity index (χ3n) is 2.00. The lowest BCUT2D eigenvalue weighted by molar-refractivity contribution is -0.154. The quantitative estimate of drug-likeness (QED) is 0.733. The maximum Gasteiger partial charge on any atom is 0.329 e. The molecule has 5 heteroatoms. The number of carboxylic acid groups (broad SMARTS) is 1. The summed E-state index contributed by atoms with van der Waals surface area (Å²) in [5.74, 6) is -0.850. The lowest BCUT2D eigenvalue weighted by Crippen LogP contribution is -2.51. The summed E-state index contributed by atoms with van der Waals surface area (Å²) in [6.07, 6.45) is 1.81. The van der Waals surface area contributed by atoms with Crippen LogP contribution in [0.5, 0.6) is 0 Å². The van der Waals surface area contributed by atoms with E-state index in [0.717, 1.165) is 0 Å². The molecule has 0 bridgehead atoms. The molecule has 0 aliphatic heterocycles. The molecule has 0 aromatic rings. The standard InChI is InChI=1S/C8H15NO3S/c1-8(2,7(11)12)9(3)6(10)5-13-4/h5H2,1-4H3,(H,11,12). The molecule has 0 radical (unpaired) electrons. The van der Waals surface area contributed by atoms with Gasteiger partial charge in [-0.1, -0.05) is 0 Å². The van der Waals surface area contributed by atoms with Gasteiger partial charge >= 0.3 is 5.97 Å². The second-order valence-corrected chi connectivity index (χ2v) is 4.12. The van der Waals surface area contributed by atoms with Crippen LogP contribution in [0, 0.1) is 0 Å². The number of nitrogens with zero attached hydrogens (tertiary/aromatic N) is 1. The first-order valence-electron chi connectivity index (χ1n) is 3.83. The average Bonchev–Trinajstić information content (AvgIpc) is 2.03. The van der Waals surface area contributed by atoms with Crippen LogP contribution in [0.25, 0.3) is 0 Å². The smallest absolute Gasteiger partial charge is 0.329 e. The average molecular weight is 205 g/mol. The number of thioether (sulfide) groups is 1. The van der Waals surface area contributed by atoms with Crippen LogP contribution in [0.15, 0.2) is 0 Å². The van der Waals surface area contributed by atoms with Crippen molar-refractivity contribution in [2.45, 2.75) is 19.4 Å². The molecular weight excluding hydrogens is 190 g/mol. The number of likely N-dealkylation sites (N-methyl/N-ethyl adjacent to an activating group) is 1. The summed E-state index contributed by atoms with van der Waals surface area (Å²) in [6.45, 7) is 3.01. The molecule has 0 rings (SSSR count). The molecule has 0 aromatic heterocycles. The van der Waals surface area contributed by atoms with Crippen molar-refractivity contribution >= 4 is 23.6 Å². The van der Waals surface area contributed by atoms with Gasteiger partial charge in [-0.2, -0.15) is 11.8 Å². The number of hydrogen-bond donors (Lipinski definition) is 1. The molecule has 0 aliphatic carbocycles. The molecule has 0 unspecified atom stereocenters. The van der Waals surface area contributed by atoms with Crippen LogP contribution in [-0.4, -0.2) is 46.5 Å². The summed E-state index contributed by atoms with van der Waals surface area (Å²) in [6, 6.07) is 0. The summed E-state index contributed by atoms with van der Waals surface area (Å²) < 4.78 is 0. The van der Waals surface area contributed by atoms with Crippen molar-refractivity contribution in [3.63, 3.8) is 0 Å². The zero-order valence-electron chi connectivity index (χ0n) is 8.33. The number of amides is 1. The molecule has 0 aromatic carbocycles. The van der Waals surface area contributed by atoms with Crippen molar-refractivity contribution < 1.29 is 14.7 Å². The number of rotatable bonds is 4. The Morgan fingerprint density at radius 1 is 1.46 bits per heavy atom. The van der Waals surface area contributed by atoms with Crippen molar-refractivity contribution in [2.24, 2.45) is 0 Å². The summed E-state index contributed by atoms with van der Waals surface area (Å²) >= 11 is 1.38. The van der Waals surface area contributed by atoms with Gasteiger partial charge in [-0.15, -0.1) is 0 Å². The number of hydrogen-bond acceptors (Lipinski definition) is 3. The van der Waals surface area contributed by atoms with E-state index in [1.165, 1.54) is 37.6 Å². The molecule has 0 saturated carbocycles. The van der Waals surface area contributed by atoms with Crippen LogP contribution in [0.3, 0.4) is 0 Å². The Hall–Kier alpha value is -0.710. The van der Waals surface area contributed by atoms with Crippen LogP contribution in [0.2, 0.25) is 0 Å². The summed E-state index contributed by atoms with van der Waals surface area (Å²) in [5, 5.41) is 8.83. The fraction of sp³-hybridized carbons (Fsp3) is 0.750. The van der Waals surface area contributed by atoms with E-state index in [1.807, 2.05) is 0 Å². The van der Waals surface area contributed by atoms with Crippen molar-refractivity contribution in [1.82, 2.24) is 4.90 Å². The van der Waals surface area contributed by atoms with Crippen LogP contribution in [0.1, 0.15) is 13.8 Å². The summed E-state index contributed by atoms with van der Waals surface area (Å²) in [7, 11) is 1.51. The molecule has 13 heavy (non-hydrogen) atoms. The third kappa shape index (κ3) is 2.91. The second-order valence-electron chi connectivity index (χ2n) is 3.25. The van der Waals surface area contributed by atoms with E-state index in [4.69, 9.17) is 5.11 Å². The van der Waals surface area contributed by atoms with Crippen molar-refractivity contribution in [3.8, 4) is 0 Å². The predicted octanol–water partition coefficient (Wildman–Crippen LogP) is 0.671. The SMILES string of the molecule is CSCC(=O)N(C)C(C)(C)C(=O)O. The van der Waals surface area contributed by atoms with E-state index in [1.54, 1.807) is 6.26 Å². The Morgan fingerprint density at radius 2 is 1.92 bits per heavy atom. The van der Waals surface area contributed by atoms with Gasteiger partial charge in [-0.3, -0.25) is 4.79 Å². The van der Waals surface area contributed by atoms with E-state index in [2.05, 4.69) is 0 Å². The largest absolute Gasteiger partial charge is 0.480 e. The highest BCUT2D eigenvalue weighted by molar-refractivity contribution is 7.99. The maximum atomic E-state index is 11.3. The lowest BCUT2D eigenvalue weighted by Gasteiger charge is -2.31. The van der Waals surface area contributed by atoms with E-state index in [0.29, 0.717) is 5.75 Å². The minimum atomic E-state index is -1.13. The minimum Gasteiger partial charge on any atom is -0.480 e. The molecule has 4 nitrogen and oxygen atoms in total. The highest BCUT2D eigenvalue weighted by Gasteiger charge is 2.34. The van der Waals surface area contributed by atoms with Crippen molar-refractivity contribution in [1.29, 1.82) is 0 Å². The van der Waals surface area contributed by atoms with Gasteiger partial charge in [-0.25, -0.2) is 4.79 Å². The highest BCUT2D eigenvalue weighted by atomic mass is 32.2. The maximum absolute atomic E-state index is 11.3. The Bertz CT molecular complexity index is 215. The van der Waals surface area contributed by atoms with Crippen LogP contribution in [-0.2, 0) is 9.59 Å². The number of carbonyl (C=O) groups is 2. The van der Waals surface area contributed by atoms with Crippen LogP contribution in [0.4, 0.5) is 0 Å². The minimum absolute atomic E-state index is 0.167. The molecular formula is C8H15NO3S. The first-order chi connectivity index (χ1) is 5.84. The molecule has 0 spiro atoms. The zero-order valence-corrected chi connectivity index (χ0v) is 9.14. The molecule has 76 valence electrons. The normalized spacial score (nSPS) is 11.1. The van der Waals surface area contributed by atoms with Gasteiger partial charge in [0.2, 0.25) is 5.91 Å². The Balaban J connectivity index is 4.48. The zero-order chi connectivity index (χ0) is 10.6. The van der Waals surface area contributed by atoms with Gasteiger partial charge < -0.3 is 10.0 Å². The fourth-order valence-corrected chi connectivity index (χ4v) is 1.12. The van der Waals surface area contributed by atoms with E-state index in [9.17, 15) is 9.59 Å². The monoisotopic (exact) mass is 205 g/mol. The Labute approximate surface area is 82.3 Å². The van der Waals surface area contributed by atoms with Crippen molar-refractivity contribution in [2.75, 3.05) is 19.1 Å². The fourth-order valence-electron chi connectivity index (χ4n) is 0.676. The molecule has 0 aliphatic rings. The molecule has 1 N–H and O–H groups in total. The van der Waals surface area contributed by atoms with Crippen LogP contribution < -0.4 is 0 Å². The predicted molar refractivity (Wildman–Crippen MR) is 52.9 cm³/mol. The third-order valence-corrected chi connectivity index (χ3v) is 2.54. The van der Waals surface area contributed by atoms with E-state index in [-0.39, 0.29) is 5.91 Å². The van der Waals surface area contributed by atoms with Gasteiger partial charge in [0.1, 0.15) is 5.54 Å². The highest BCUT2D eigenvalue weighted by Crippen LogP contribution is 2.13. The number of carboxylic acids is 1. The molecule has 1 amide bonds. The van der Waals surface area contributed by atoms with Gasteiger partial charge in [0.15, 0.2) is 0 Å². The topological polar surface area (TPSA) is 57.6 Å². The molecule has 0 saturated heterocycles. The first-order valence-corrected chi connectivity index (χ1v) is 5.22. The lowest BCUT2D eigenvalue weighted by atomic mass is 10.0. The molecule has 0 heterocycles. The van der Waals surface area contributed by atoms with Crippen molar-refractivity contribution in [3.05, 3.63) is 0 Å². The van der Waals surface area contributed by atoms with E-state index >= 15 is 0 Å².